The van der Waals surface area contributed by atoms with Crippen molar-refractivity contribution in [1.82, 2.24) is 9.88 Å². The molecule has 242 valence electrons. The van der Waals surface area contributed by atoms with E-state index >= 15 is 0 Å². The molecule has 1 aliphatic rings. The first-order valence-electron chi connectivity index (χ1n) is 14.6. The lowest BCUT2D eigenvalue weighted by atomic mass is 9.98. The Morgan fingerprint density at radius 2 is 1.69 bits per heavy atom. The van der Waals surface area contributed by atoms with Gasteiger partial charge in [-0.15, -0.1) is 0 Å². The largest absolute Gasteiger partial charge is 0.478 e. The van der Waals surface area contributed by atoms with Crippen LogP contribution < -0.4 is 15.0 Å². The van der Waals surface area contributed by atoms with E-state index in [1.54, 1.807) is 36.4 Å². The summed E-state index contributed by atoms with van der Waals surface area (Å²) < 4.78 is 61.1. The van der Waals surface area contributed by atoms with Gasteiger partial charge in [0.05, 0.1) is 34.7 Å². The monoisotopic (exact) mass is 646 g/mol. The number of benzene rings is 2. The number of carbonyl (C=O) groups is 2. The van der Waals surface area contributed by atoms with Crippen LogP contribution in [-0.2, 0) is 11.1 Å². The summed E-state index contributed by atoms with van der Waals surface area (Å²) in [5, 5.41) is 2.67. The van der Waals surface area contributed by atoms with Gasteiger partial charge in [-0.1, -0.05) is 43.9 Å². The van der Waals surface area contributed by atoms with Gasteiger partial charge in [0.25, 0.3) is 5.91 Å². The molecular weight excluding hydrogens is 608 g/mol. The Kier molecular flexibility index (Phi) is 10.2. The van der Waals surface area contributed by atoms with Crippen LogP contribution in [0.1, 0.15) is 40.1 Å². The highest BCUT2D eigenvalue weighted by Crippen LogP contribution is 2.37. The summed E-state index contributed by atoms with van der Waals surface area (Å²) >= 11 is 0. The van der Waals surface area contributed by atoms with Gasteiger partial charge in [0.2, 0.25) is 5.88 Å². The van der Waals surface area contributed by atoms with Gasteiger partial charge in [-0.2, -0.15) is 13.2 Å². The van der Waals surface area contributed by atoms with Gasteiger partial charge in [0.15, 0.2) is 0 Å². The molecule has 0 aliphatic carbocycles. The molecule has 0 radical (unpaired) electrons. The highest BCUT2D eigenvalue weighted by Gasteiger charge is 2.37. The van der Waals surface area contributed by atoms with Crippen molar-refractivity contribution in [1.29, 1.82) is 0 Å². The minimum absolute atomic E-state index is 0.0554. The predicted molar refractivity (Wildman–Crippen MR) is 168 cm³/mol. The zero-order valence-corrected chi connectivity index (χ0v) is 27.2. The van der Waals surface area contributed by atoms with E-state index in [2.05, 4.69) is 58.5 Å². The van der Waals surface area contributed by atoms with Crippen molar-refractivity contribution in [2.24, 2.45) is 0 Å². The number of nitrogens with zero attached hydrogens (tertiary/aromatic N) is 3. The van der Waals surface area contributed by atoms with E-state index in [0.29, 0.717) is 29.9 Å². The van der Waals surface area contributed by atoms with Crippen molar-refractivity contribution in [3.05, 3.63) is 71.4 Å². The summed E-state index contributed by atoms with van der Waals surface area (Å²) in [5.41, 5.74) is -0.359. The van der Waals surface area contributed by atoms with Gasteiger partial charge >= 0.3 is 12.1 Å². The molecule has 8 nitrogen and oxygen atoms in total. The number of rotatable bonds is 9. The molecule has 2 heterocycles. The van der Waals surface area contributed by atoms with Crippen LogP contribution in [0, 0.1) is 0 Å². The molecule has 1 amide bonds. The molecular formula is C32H38F4N4O4Si. The van der Waals surface area contributed by atoms with Crippen LogP contribution in [0.5, 0.6) is 5.88 Å². The molecule has 45 heavy (non-hydrogen) atoms. The van der Waals surface area contributed by atoms with Crippen molar-refractivity contribution in [2.75, 3.05) is 37.0 Å². The summed E-state index contributed by atoms with van der Waals surface area (Å²) in [5.74, 6) is -2.43. The SMILES string of the molecule is C[C@@H]1CN(c2ccc(-c3ccccc3C(=O)OF)cc2NC(=O)c2cnc(OCC[Si](C)(C)C)cc2C(F)(F)F)C[C@H](C)N1C. The second-order valence-corrected chi connectivity index (χ2v) is 18.2. The Morgan fingerprint density at radius 3 is 2.31 bits per heavy atom. The fraction of sp³-hybridized carbons (Fsp3) is 0.406. The molecule has 3 aromatic rings. The molecule has 1 aromatic heterocycles. The highest BCUT2D eigenvalue weighted by atomic mass is 28.3. The minimum atomic E-state index is -4.86. The van der Waals surface area contributed by atoms with Crippen molar-refractivity contribution in [3.63, 3.8) is 0 Å². The van der Waals surface area contributed by atoms with Crippen LogP contribution in [0.3, 0.4) is 0 Å². The second-order valence-electron chi connectivity index (χ2n) is 12.6. The quantitative estimate of drug-likeness (QED) is 0.193. The van der Waals surface area contributed by atoms with Gasteiger partial charge < -0.3 is 15.0 Å². The Hall–Kier alpha value is -3.97. The number of halogens is 4. The summed E-state index contributed by atoms with van der Waals surface area (Å²) in [4.78, 5) is 37.5. The molecule has 2 aromatic carbocycles. The van der Waals surface area contributed by atoms with E-state index in [0.717, 1.165) is 18.3 Å². The molecule has 1 fully saturated rings. The van der Waals surface area contributed by atoms with E-state index in [9.17, 15) is 27.3 Å². The number of nitrogens with one attached hydrogen (secondary N) is 1. The van der Waals surface area contributed by atoms with Crippen molar-refractivity contribution < 1.29 is 37.0 Å². The van der Waals surface area contributed by atoms with Gasteiger partial charge in [-0.3, -0.25) is 9.69 Å². The zero-order chi connectivity index (χ0) is 33.1. The molecule has 1 saturated heterocycles. The van der Waals surface area contributed by atoms with E-state index in [1.165, 1.54) is 6.07 Å². The number of carbonyl (C=O) groups excluding carboxylic acids is 2. The molecule has 0 bridgehead atoms. The number of anilines is 2. The van der Waals surface area contributed by atoms with Crippen LogP contribution in [0.2, 0.25) is 25.7 Å². The predicted octanol–water partition coefficient (Wildman–Crippen LogP) is 7.31. The zero-order valence-electron chi connectivity index (χ0n) is 26.2. The molecule has 13 heteroatoms. The molecule has 0 saturated carbocycles. The van der Waals surface area contributed by atoms with E-state index < -0.39 is 37.3 Å². The van der Waals surface area contributed by atoms with Crippen molar-refractivity contribution in [2.45, 2.75) is 57.8 Å². The maximum absolute atomic E-state index is 14.2. The van der Waals surface area contributed by atoms with Crippen LogP contribution in [-0.4, -0.2) is 68.7 Å². The normalized spacial score (nSPS) is 17.6. The lowest BCUT2D eigenvalue weighted by molar-refractivity contribution is -0.138. The highest BCUT2D eigenvalue weighted by molar-refractivity contribution is 6.76. The standard InChI is InChI=1S/C32H38F4N4O4Si/c1-20-18-40(19-21(2)39(20)3)28-12-11-22(23-9-7-8-10-24(23)31(42)44-36)15-27(28)38-30(41)25-17-37-29(16-26(25)32(33,34)35)43-13-14-45(4,5)6/h7-12,15-17,20-21H,13-14,18-19H2,1-6H3,(H,38,41)/t20-,21+. The lowest BCUT2D eigenvalue weighted by Crippen LogP contribution is -2.55. The van der Waals surface area contributed by atoms with Crippen LogP contribution >= 0.6 is 0 Å². The first-order chi connectivity index (χ1) is 21.1. The lowest BCUT2D eigenvalue weighted by Gasteiger charge is -2.44. The van der Waals surface area contributed by atoms with E-state index in [-0.39, 0.29) is 35.8 Å². The number of hydrogen-bond donors (Lipinski definition) is 1. The average molecular weight is 647 g/mol. The topological polar surface area (TPSA) is 84.0 Å². The average Bonchev–Trinajstić information content (AvgIpc) is 2.98. The second kappa shape index (κ2) is 13.6. The molecule has 2 atom stereocenters. The number of piperazine rings is 1. The number of ether oxygens (including phenoxy) is 1. The van der Waals surface area contributed by atoms with Crippen molar-refractivity contribution >= 4 is 31.3 Å². The third-order valence-corrected chi connectivity index (χ3v) is 9.71. The maximum Gasteiger partial charge on any atom is 0.417 e. The molecule has 0 unspecified atom stereocenters. The Balaban J connectivity index is 1.75. The number of likely N-dealkylation sites (N-methyl/N-ethyl adjacent to an activating group) is 1. The maximum atomic E-state index is 14.2. The fourth-order valence-electron chi connectivity index (χ4n) is 5.22. The van der Waals surface area contributed by atoms with E-state index in [4.69, 9.17) is 4.74 Å². The summed E-state index contributed by atoms with van der Waals surface area (Å²) in [6, 6.07) is 12.9. The fourth-order valence-corrected chi connectivity index (χ4v) is 5.93. The van der Waals surface area contributed by atoms with Gasteiger partial charge in [-0.25, -0.2) is 14.7 Å². The van der Waals surface area contributed by atoms with Crippen LogP contribution in [0.4, 0.5) is 29.1 Å². The Morgan fingerprint density at radius 1 is 1.02 bits per heavy atom. The van der Waals surface area contributed by atoms with Gasteiger partial charge in [0, 0.05) is 50.0 Å². The number of aromatic nitrogens is 1. The summed E-state index contributed by atoms with van der Waals surface area (Å²) in [7, 11) is 0.520. The number of amides is 1. The Labute approximate surface area is 261 Å². The van der Waals surface area contributed by atoms with E-state index in [1.807, 2.05) is 7.05 Å². The van der Waals surface area contributed by atoms with Crippen molar-refractivity contribution in [3.8, 4) is 17.0 Å². The first-order valence-corrected chi connectivity index (χ1v) is 18.3. The third kappa shape index (κ3) is 8.20. The number of pyridine rings is 1. The molecule has 0 spiro atoms. The van der Waals surface area contributed by atoms with Crippen LogP contribution in [0.15, 0.2) is 54.7 Å². The number of hydrogen-bond acceptors (Lipinski definition) is 7. The third-order valence-electron chi connectivity index (χ3n) is 8.00. The van der Waals surface area contributed by atoms with Gasteiger partial charge in [0.1, 0.15) is 0 Å². The summed E-state index contributed by atoms with van der Waals surface area (Å²) in [6.45, 7) is 11.9. The first kappa shape index (κ1) is 33.9. The minimum Gasteiger partial charge on any atom is -0.478 e. The molecule has 4 rings (SSSR count). The van der Waals surface area contributed by atoms with Crippen LogP contribution in [0.25, 0.3) is 11.1 Å². The summed E-state index contributed by atoms with van der Waals surface area (Å²) in [6.07, 6.45) is -3.98. The Bertz CT molecular complexity index is 1530. The number of alkyl halides is 3. The van der Waals surface area contributed by atoms with Gasteiger partial charge in [-0.05, 0) is 56.3 Å². The smallest absolute Gasteiger partial charge is 0.417 e. The molecule has 1 aliphatic heterocycles. The molecule has 1 N–H and O–H groups in total.